The summed E-state index contributed by atoms with van der Waals surface area (Å²) in [7, 11) is 2.22. The largest absolute Gasteiger partial charge is 0.375 e. The molecule has 2 unspecified atom stereocenters. The van der Waals surface area contributed by atoms with Crippen molar-refractivity contribution in [3.63, 3.8) is 0 Å². The van der Waals surface area contributed by atoms with Crippen molar-refractivity contribution < 1.29 is 9.47 Å². The van der Waals surface area contributed by atoms with Gasteiger partial charge in [-0.25, -0.2) is 0 Å². The van der Waals surface area contributed by atoms with E-state index < -0.39 is 0 Å². The third-order valence-electron chi connectivity index (χ3n) is 5.74. The molecular weight excluding hydrogens is 443 g/mol. The summed E-state index contributed by atoms with van der Waals surface area (Å²) in [4.78, 5) is 9.74. The van der Waals surface area contributed by atoms with Gasteiger partial charge in [0.25, 0.3) is 0 Å². The molecule has 3 fully saturated rings. The van der Waals surface area contributed by atoms with E-state index in [2.05, 4.69) is 29.1 Å². The fraction of sp³-hybridized carbons (Fsp3) is 0.947. The van der Waals surface area contributed by atoms with Crippen molar-refractivity contribution in [3.05, 3.63) is 0 Å². The summed E-state index contributed by atoms with van der Waals surface area (Å²) >= 11 is 0. The Labute approximate surface area is 176 Å². The van der Waals surface area contributed by atoms with Gasteiger partial charge in [0.2, 0.25) is 0 Å². The van der Waals surface area contributed by atoms with Gasteiger partial charge in [0.05, 0.1) is 12.7 Å². The van der Waals surface area contributed by atoms with Gasteiger partial charge in [-0.3, -0.25) is 4.99 Å². The minimum Gasteiger partial charge on any atom is -0.375 e. The predicted molar refractivity (Wildman–Crippen MR) is 117 cm³/mol. The molecule has 0 aromatic heterocycles. The highest BCUT2D eigenvalue weighted by Gasteiger charge is 2.32. The van der Waals surface area contributed by atoms with E-state index in [0.29, 0.717) is 0 Å². The molecule has 7 heteroatoms. The lowest BCUT2D eigenvalue weighted by Crippen LogP contribution is -2.53. The van der Waals surface area contributed by atoms with Crippen LogP contribution in [0.4, 0.5) is 0 Å². The number of morpholine rings is 1. The van der Waals surface area contributed by atoms with Gasteiger partial charge in [-0.2, -0.15) is 0 Å². The molecule has 3 aliphatic heterocycles. The summed E-state index contributed by atoms with van der Waals surface area (Å²) in [6.07, 6.45) is 6.60. The first-order chi connectivity index (χ1) is 12.3. The molecule has 6 nitrogen and oxygen atoms in total. The van der Waals surface area contributed by atoms with Crippen LogP contribution in [0.5, 0.6) is 0 Å². The molecule has 0 aromatic carbocycles. The van der Waals surface area contributed by atoms with E-state index in [4.69, 9.17) is 14.5 Å². The molecule has 3 saturated heterocycles. The lowest BCUT2D eigenvalue weighted by atomic mass is 9.94. The second-order valence-electron chi connectivity index (χ2n) is 7.68. The Morgan fingerprint density at radius 3 is 2.54 bits per heavy atom. The summed E-state index contributed by atoms with van der Waals surface area (Å²) < 4.78 is 11.8. The zero-order valence-electron chi connectivity index (χ0n) is 16.5. The van der Waals surface area contributed by atoms with Crippen molar-refractivity contribution in [1.82, 2.24) is 15.1 Å². The SMILES string of the molecule is CCNC(=NCCC1CCN(C)CC1)N1CCOC(C2CCCO2)C1.I. The van der Waals surface area contributed by atoms with E-state index >= 15 is 0 Å². The highest BCUT2D eigenvalue weighted by atomic mass is 127. The molecule has 3 heterocycles. The van der Waals surface area contributed by atoms with Gasteiger partial charge in [-0.05, 0) is 65.1 Å². The first kappa shape index (κ1) is 22.2. The molecule has 152 valence electrons. The van der Waals surface area contributed by atoms with Crippen molar-refractivity contribution in [3.8, 4) is 0 Å². The molecule has 3 aliphatic rings. The van der Waals surface area contributed by atoms with Crippen LogP contribution in [0.2, 0.25) is 0 Å². The van der Waals surface area contributed by atoms with Crippen LogP contribution < -0.4 is 5.32 Å². The van der Waals surface area contributed by atoms with Crippen molar-refractivity contribution in [2.75, 3.05) is 59.5 Å². The quantitative estimate of drug-likeness (QED) is 0.372. The van der Waals surface area contributed by atoms with E-state index in [1.54, 1.807) is 0 Å². The second kappa shape index (κ2) is 11.7. The smallest absolute Gasteiger partial charge is 0.194 e. The number of halogens is 1. The second-order valence-corrected chi connectivity index (χ2v) is 7.68. The number of aliphatic imine (C=N–C) groups is 1. The third-order valence-corrected chi connectivity index (χ3v) is 5.74. The number of ether oxygens (including phenoxy) is 2. The first-order valence-electron chi connectivity index (χ1n) is 10.2. The molecule has 0 bridgehead atoms. The zero-order valence-corrected chi connectivity index (χ0v) is 18.8. The highest BCUT2D eigenvalue weighted by molar-refractivity contribution is 14.0. The minimum absolute atomic E-state index is 0. The van der Waals surface area contributed by atoms with Gasteiger partial charge < -0.3 is 24.6 Å². The Hall–Kier alpha value is -0.120. The molecule has 0 amide bonds. The van der Waals surface area contributed by atoms with Crippen molar-refractivity contribution >= 4 is 29.9 Å². The van der Waals surface area contributed by atoms with E-state index in [0.717, 1.165) is 64.1 Å². The lowest BCUT2D eigenvalue weighted by Gasteiger charge is -2.37. The molecule has 0 saturated carbocycles. The average Bonchev–Trinajstić information content (AvgIpc) is 3.17. The molecule has 2 atom stereocenters. The molecule has 0 spiro atoms. The van der Waals surface area contributed by atoms with Crippen LogP contribution in [0, 0.1) is 5.92 Å². The van der Waals surface area contributed by atoms with Crippen molar-refractivity contribution in [1.29, 1.82) is 0 Å². The minimum atomic E-state index is 0. The summed E-state index contributed by atoms with van der Waals surface area (Å²) in [5.74, 6) is 1.90. The van der Waals surface area contributed by atoms with Crippen LogP contribution in [0.3, 0.4) is 0 Å². The van der Waals surface area contributed by atoms with Crippen LogP contribution in [0.25, 0.3) is 0 Å². The lowest BCUT2D eigenvalue weighted by molar-refractivity contribution is -0.0817. The topological polar surface area (TPSA) is 49.3 Å². The normalized spacial score (nSPS) is 28.8. The van der Waals surface area contributed by atoms with Crippen LogP contribution in [0.15, 0.2) is 4.99 Å². The van der Waals surface area contributed by atoms with Gasteiger partial charge in [0.1, 0.15) is 6.10 Å². The van der Waals surface area contributed by atoms with E-state index in [-0.39, 0.29) is 36.2 Å². The molecular formula is C19H37IN4O2. The van der Waals surface area contributed by atoms with Gasteiger partial charge in [0, 0.05) is 32.8 Å². The number of piperidine rings is 1. The number of nitrogens with one attached hydrogen (secondary N) is 1. The summed E-state index contributed by atoms with van der Waals surface area (Å²) in [6.45, 7) is 9.92. The van der Waals surface area contributed by atoms with Crippen LogP contribution >= 0.6 is 24.0 Å². The summed E-state index contributed by atoms with van der Waals surface area (Å²) in [5, 5.41) is 3.48. The Balaban J connectivity index is 0.00000243. The molecule has 3 rings (SSSR count). The summed E-state index contributed by atoms with van der Waals surface area (Å²) in [5.41, 5.74) is 0. The zero-order chi connectivity index (χ0) is 17.5. The van der Waals surface area contributed by atoms with E-state index in [1.807, 2.05) is 0 Å². The van der Waals surface area contributed by atoms with E-state index in [9.17, 15) is 0 Å². The van der Waals surface area contributed by atoms with Crippen LogP contribution in [0.1, 0.15) is 39.0 Å². The number of hydrogen-bond donors (Lipinski definition) is 1. The Morgan fingerprint density at radius 2 is 1.85 bits per heavy atom. The molecule has 0 radical (unpaired) electrons. The first-order valence-corrected chi connectivity index (χ1v) is 10.2. The maximum atomic E-state index is 5.98. The van der Waals surface area contributed by atoms with Gasteiger partial charge >= 0.3 is 0 Å². The maximum Gasteiger partial charge on any atom is 0.194 e. The van der Waals surface area contributed by atoms with Gasteiger partial charge in [-0.15, -0.1) is 24.0 Å². The van der Waals surface area contributed by atoms with Crippen LogP contribution in [-0.2, 0) is 9.47 Å². The number of hydrogen-bond acceptors (Lipinski definition) is 4. The number of likely N-dealkylation sites (tertiary alicyclic amines) is 1. The average molecular weight is 480 g/mol. The molecule has 0 aliphatic carbocycles. The predicted octanol–water partition coefficient (Wildman–Crippen LogP) is 2.18. The van der Waals surface area contributed by atoms with Crippen molar-refractivity contribution in [2.24, 2.45) is 10.9 Å². The Morgan fingerprint density at radius 1 is 1.08 bits per heavy atom. The number of rotatable bonds is 5. The van der Waals surface area contributed by atoms with Crippen LogP contribution in [-0.4, -0.2) is 87.5 Å². The van der Waals surface area contributed by atoms with Gasteiger partial charge in [-0.1, -0.05) is 0 Å². The molecule has 1 N–H and O–H groups in total. The molecule has 26 heavy (non-hydrogen) atoms. The third kappa shape index (κ3) is 6.49. The number of nitrogens with zero attached hydrogens (tertiary/aromatic N) is 3. The maximum absolute atomic E-state index is 5.98. The fourth-order valence-corrected chi connectivity index (χ4v) is 4.12. The monoisotopic (exact) mass is 480 g/mol. The fourth-order valence-electron chi connectivity index (χ4n) is 4.12. The Kier molecular flexibility index (Phi) is 9.94. The highest BCUT2D eigenvalue weighted by Crippen LogP contribution is 2.22. The van der Waals surface area contributed by atoms with Crippen molar-refractivity contribution in [2.45, 2.75) is 51.2 Å². The summed E-state index contributed by atoms with van der Waals surface area (Å²) in [6, 6.07) is 0. The van der Waals surface area contributed by atoms with Gasteiger partial charge in [0.15, 0.2) is 5.96 Å². The number of guanidine groups is 1. The Bertz CT molecular complexity index is 424. The standard InChI is InChI=1S/C19H36N4O2.HI/c1-3-20-19(21-9-6-16-7-10-22(2)11-8-16)23-12-14-25-18(15-23)17-5-4-13-24-17;/h16-18H,3-15H2,1-2H3,(H,20,21);1H. The molecule has 0 aromatic rings. The van der Waals surface area contributed by atoms with E-state index in [1.165, 1.54) is 32.4 Å².